The molecule has 0 N–H and O–H groups in total. The van der Waals surface area contributed by atoms with E-state index in [1.54, 1.807) is 0 Å². The summed E-state index contributed by atoms with van der Waals surface area (Å²) < 4.78 is 8.87. The summed E-state index contributed by atoms with van der Waals surface area (Å²) >= 11 is 0. The molecule has 0 saturated heterocycles. The second kappa shape index (κ2) is 6.92. The molecule has 0 saturated carbocycles. The molecule has 2 bridgehead atoms. The minimum absolute atomic E-state index is 0.224. The van der Waals surface area contributed by atoms with Crippen LogP contribution in [-0.2, 0) is 7.05 Å². The van der Waals surface area contributed by atoms with Crippen LogP contribution in [-0.4, -0.2) is 4.98 Å². The molecule has 0 amide bonds. The molecule has 0 fully saturated rings. The first-order valence-corrected chi connectivity index (χ1v) is 12.6. The standard InChI is InChI=1S/C33H25N2O/c1-18-12-14-24-25-15-13-19(2)34-33(25)36-32(24)28(18)27-17-16-26-29-20-8-4-6-10-22(20)30(31(26)35(27)3)23-11-7-5-9-21(23)29/h4-17,29-30H,1-3H3/q+1. The van der Waals surface area contributed by atoms with E-state index < -0.39 is 0 Å². The van der Waals surface area contributed by atoms with Crippen LogP contribution in [0.3, 0.4) is 0 Å². The van der Waals surface area contributed by atoms with Crippen LogP contribution in [0.4, 0.5) is 0 Å². The van der Waals surface area contributed by atoms with Gasteiger partial charge in [0.2, 0.25) is 11.4 Å². The van der Waals surface area contributed by atoms with Crippen LogP contribution in [0.2, 0.25) is 0 Å². The van der Waals surface area contributed by atoms with Gasteiger partial charge in [-0.05, 0) is 59.9 Å². The van der Waals surface area contributed by atoms with Crippen molar-refractivity contribution in [3.63, 3.8) is 0 Å². The molecule has 3 aromatic carbocycles. The van der Waals surface area contributed by atoms with E-state index in [-0.39, 0.29) is 11.8 Å². The lowest BCUT2D eigenvalue weighted by atomic mass is 9.62. The van der Waals surface area contributed by atoms with Crippen molar-refractivity contribution >= 4 is 22.1 Å². The van der Waals surface area contributed by atoms with Gasteiger partial charge in [0, 0.05) is 34.0 Å². The Hall–Kier alpha value is -4.24. The van der Waals surface area contributed by atoms with E-state index in [9.17, 15) is 0 Å². The first-order valence-electron chi connectivity index (χ1n) is 12.6. The van der Waals surface area contributed by atoms with E-state index >= 15 is 0 Å². The fraction of sp³-hybridized carbons (Fsp3) is 0.152. The van der Waals surface area contributed by atoms with Crippen molar-refractivity contribution in [3.8, 4) is 11.3 Å². The van der Waals surface area contributed by atoms with E-state index in [1.807, 2.05) is 6.92 Å². The molecule has 0 radical (unpaired) electrons. The molecule has 0 spiro atoms. The van der Waals surface area contributed by atoms with E-state index in [1.165, 1.54) is 44.8 Å². The second-order valence-electron chi connectivity index (χ2n) is 10.3. The van der Waals surface area contributed by atoms with Gasteiger partial charge in [-0.25, -0.2) is 4.98 Å². The lowest BCUT2D eigenvalue weighted by molar-refractivity contribution is -0.669. The summed E-state index contributed by atoms with van der Waals surface area (Å²) in [6.07, 6.45) is 0. The second-order valence-corrected chi connectivity index (χ2v) is 10.3. The molecule has 3 aliphatic carbocycles. The predicted molar refractivity (Wildman–Crippen MR) is 142 cm³/mol. The average molecular weight is 466 g/mol. The van der Waals surface area contributed by atoms with Gasteiger partial charge in [-0.15, -0.1) is 0 Å². The Kier molecular flexibility index (Phi) is 3.84. The number of hydrogen-bond donors (Lipinski definition) is 0. The van der Waals surface area contributed by atoms with Gasteiger partial charge in [0.05, 0.1) is 11.5 Å². The van der Waals surface area contributed by atoms with Gasteiger partial charge in [-0.1, -0.05) is 60.7 Å². The van der Waals surface area contributed by atoms with Gasteiger partial charge in [0.1, 0.15) is 7.05 Å². The number of nitrogens with zero attached hydrogens (tertiary/aromatic N) is 2. The molecule has 0 aliphatic heterocycles. The number of hydrogen-bond acceptors (Lipinski definition) is 2. The topological polar surface area (TPSA) is 29.9 Å². The molecule has 9 rings (SSSR count). The highest BCUT2D eigenvalue weighted by molar-refractivity contribution is 6.08. The molecule has 36 heavy (non-hydrogen) atoms. The number of rotatable bonds is 1. The summed E-state index contributed by atoms with van der Waals surface area (Å²) in [7, 11) is 2.23. The zero-order valence-electron chi connectivity index (χ0n) is 20.5. The maximum Gasteiger partial charge on any atom is 0.227 e. The third kappa shape index (κ3) is 2.42. The highest BCUT2D eigenvalue weighted by atomic mass is 16.3. The summed E-state index contributed by atoms with van der Waals surface area (Å²) in [6.45, 7) is 4.18. The molecule has 6 aromatic rings. The smallest absolute Gasteiger partial charge is 0.227 e. The lowest BCUT2D eigenvalue weighted by Crippen LogP contribution is -2.44. The molecular formula is C33H25N2O+. The third-order valence-corrected chi connectivity index (χ3v) is 8.37. The van der Waals surface area contributed by atoms with Gasteiger partial charge in [-0.3, -0.25) is 0 Å². The molecule has 172 valence electrons. The molecule has 3 heteroatoms. The van der Waals surface area contributed by atoms with Crippen molar-refractivity contribution < 1.29 is 8.98 Å². The van der Waals surface area contributed by atoms with Gasteiger partial charge in [0.25, 0.3) is 0 Å². The number of furan rings is 1. The minimum Gasteiger partial charge on any atom is -0.437 e. The summed E-state index contributed by atoms with van der Waals surface area (Å²) in [5, 5.41) is 2.19. The molecule has 3 nitrogen and oxygen atoms in total. The van der Waals surface area contributed by atoms with Gasteiger partial charge in [0.15, 0.2) is 11.3 Å². The highest BCUT2D eigenvalue weighted by Crippen LogP contribution is 2.54. The summed E-state index contributed by atoms with van der Waals surface area (Å²) in [5.74, 6) is 0.495. The lowest BCUT2D eigenvalue weighted by Gasteiger charge is -2.39. The first-order chi connectivity index (χ1) is 17.6. The van der Waals surface area contributed by atoms with Gasteiger partial charge >= 0.3 is 0 Å². The molecular weight excluding hydrogens is 440 g/mol. The van der Waals surface area contributed by atoms with Crippen molar-refractivity contribution in [1.82, 2.24) is 4.98 Å². The van der Waals surface area contributed by atoms with Crippen molar-refractivity contribution in [2.45, 2.75) is 25.7 Å². The number of aromatic nitrogens is 2. The third-order valence-electron chi connectivity index (χ3n) is 8.37. The normalized spacial score (nSPS) is 17.3. The van der Waals surface area contributed by atoms with Crippen LogP contribution in [0.1, 0.15) is 56.6 Å². The zero-order chi connectivity index (χ0) is 24.1. The van der Waals surface area contributed by atoms with E-state index in [0.717, 1.165) is 27.6 Å². The van der Waals surface area contributed by atoms with Gasteiger partial charge in [-0.2, -0.15) is 4.57 Å². The van der Waals surface area contributed by atoms with Crippen molar-refractivity contribution in [2.24, 2.45) is 7.05 Å². The quantitative estimate of drug-likeness (QED) is 0.243. The van der Waals surface area contributed by atoms with Crippen LogP contribution >= 0.6 is 0 Å². The molecule has 0 atom stereocenters. The number of fused-ring (bicyclic) bond motifs is 3. The Morgan fingerprint density at radius 2 is 1.31 bits per heavy atom. The maximum atomic E-state index is 6.45. The number of aryl methyl sites for hydroxylation is 2. The molecule has 3 aromatic heterocycles. The molecule has 3 aliphatic rings. The van der Waals surface area contributed by atoms with Crippen molar-refractivity contribution in [2.75, 3.05) is 0 Å². The number of pyridine rings is 2. The Balaban J connectivity index is 1.43. The van der Waals surface area contributed by atoms with Crippen molar-refractivity contribution in [3.05, 3.63) is 130 Å². The Bertz CT molecular complexity index is 1850. The molecule has 0 unspecified atom stereocenters. The van der Waals surface area contributed by atoms with E-state index in [2.05, 4.69) is 108 Å². The van der Waals surface area contributed by atoms with Crippen LogP contribution in [0.15, 0.2) is 89.3 Å². The van der Waals surface area contributed by atoms with Crippen LogP contribution in [0.5, 0.6) is 0 Å². The average Bonchev–Trinajstić information content (AvgIpc) is 3.26. The fourth-order valence-electron chi connectivity index (χ4n) is 6.81. The maximum absolute atomic E-state index is 6.45. The van der Waals surface area contributed by atoms with Crippen molar-refractivity contribution in [1.29, 1.82) is 0 Å². The minimum atomic E-state index is 0.224. The summed E-state index contributed by atoms with van der Waals surface area (Å²) in [4.78, 5) is 4.68. The Morgan fingerprint density at radius 3 is 2.00 bits per heavy atom. The SMILES string of the molecule is Cc1ccc2c(n1)oc1c(-c3ccc4c([n+]3C)C3c5ccccc5C4c4ccccc43)c(C)ccc12. The zero-order valence-corrected chi connectivity index (χ0v) is 20.5. The summed E-state index contributed by atoms with van der Waals surface area (Å²) in [5.41, 5.74) is 14.7. The molecule has 3 heterocycles. The van der Waals surface area contributed by atoms with E-state index in [0.29, 0.717) is 5.71 Å². The Morgan fingerprint density at radius 1 is 0.667 bits per heavy atom. The fourth-order valence-corrected chi connectivity index (χ4v) is 6.81. The number of benzene rings is 3. The van der Waals surface area contributed by atoms with Crippen LogP contribution in [0, 0.1) is 13.8 Å². The largest absolute Gasteiger partial charge is 0.437 e. The monoisotopic (exact) mass is 465 g/mol. The predicted octanol–water partition coefficient (Wildman–Crippen LogP) is 7.08. The Labute approximate surface area is 209 Å². The van der Waals surface area contributed by atoms with E-state index in [4.69, 9.17) is 4.42 Å². The van der Waals surface area contributed by atoms with Crippen LogP contribution < -0.4 is 4.57 Å². The summed E-state index contributed by atoms with van der Waals surface area (Å²) in [6, 6.07) is 31.2. The van der Waals surface area contributed by atoms with Crippen LogP contribution in [0.25, 0.3) is 33.3 Å². The van der Waals surface area contributed by atoms with Gasteiger partial charge < -0.3 is 4.42 Å². The first kappa shape index (κ1) is 20.0. The highest BCUT2D eigenvalue weighted by Gasteiger charge is 2.46.